The van der Waals surface area contributed by atoms with E-state index in [9.17, 15) is 5.11 Å². The molecular weight excluding hydrogens is 226 g/mol. The van der Waals surface area contributed by atoms with Crippen LogP contribution in [0.3, 0.4) is 0 Å². The number of benzene rings is 1. The highest BCUT2D eigenvalue weighted by Gasteiger charge is 2.08. The SMILES string of the molecule is CCOc1ccc(CNC(CO)CC(C)C)cc1. The van der Waals surface area contributed by atoms with Gasteiger partial charge in [0.2, 0.25) is 0 Å². The van der Waals surface area contributed by atoms with Gasteiger partial charge in [-0.3, -0.25) is 0 Å². The Hall–Kier alpha value is -1.06. The molecule has 0 saturated heterocycles. The first-order valence-corrected chi connectivity index (χ1v) is 6.71. The van der Waals surface area contributed by atoms with Crippen molar-refractivity contribution in [1.82, 2.24) is 5.32 Å². The van der Waals surface area contributed by atoms with Crippen molar-refractivity contribution in [2.75, 3.05) is 13.2 Å². The van der Waals surface area contributed by atoms with Crippen molar-refractivity contribution in [3.63, 3.8) is 0 Å². The second-order valence-corrected chi connectivity index (χ2v) is 4.97. The topological polar surface area (TPSA) is 41.5 Å². The molecule has 102 valence electrons. The first-order valence-electron chi connectivity index (χ1n) is 6.71. The van der Waals surface area contributed by atoms with E-state index in [2.05, 4.69) is 31.3 Å². The zero-order valence-corrected chi connectivity index (χ0v) is 11.6. The lowest BCUT2D eigenvalue weighted by Gasteiger charge is -2.18. The van der Waals surface area contributed by atoms with E-state index in [1.807, 2.05) is 19.1 Å². The molecule has 2 N–H and O–H groups in total. The first kappa shape index (κ1) is 15.0. The van der Waals surface area contributed by atoms with Crippen molar-refractivity contribution < 1.29 is 9.84 Å². The van der Waals surface area contributed by atoms with Crippen LogP contribution >= 0.6 is 0 Å². The summed E-state index contributed by atoms with van der Waals surface area (Å²) in [5.74, 6) is 1.50. The summed E-state index contributed by atoms with van der Waals surface area (Å²) in [6.07, 6.45) is 0.994. The third-order valence-corrected chi connectivity index (χ3v) is 2.81. The van der Waals surface area contributed by atoms with E-state index in [0.29, 0.717) is 12.5 Å². The van der Waals surface area contributed by atoms with Crippen molar-refractivity contribution in [3.8, 4) is 5.75 Å². The molecule has 1 aromatic rings. The predicted molar refractivity (Wildman–Crippen MR) is 74.8 cm³/mol. The molecule has 0 radical (unpaired) electrons. The van der Waals surface area contributed by atoms with E-state index in [1.54, 1.807) is 0 Å². The average molecular weight is 251 g/mol. The molecule has 1 aromatic carbocycles. The molecule has 0 heterocycles. The number of aliphatic hydroxyl groups excluding tert-OH is 1. The van der Waals surface area contributed by atoms with E-state index in [0.717, 1.165) is 18.7 Å². The van der Waals surface area contributed by atoms with Crippen molar-refractivity contribution in [1.29, 1.82) is 0 Å². The van der Waals surface area contributed by atoms with Crippen LogP contribution in [-0.4, -0.2) is 24.4 Å². The van der Waals surface area contributed by atoms with Crippen molar-refractivity contribution in [2.24, 2.45) is 5.92 Å². The summed E-state index contributed by atoms with van der Waals surface area (Å²) >= 11 is 0. The van der Waals surface area contributed by atoms with E-state index in [4.69, 9.17) is 4.74 Å². The summed E-state index contributed by atoms with van der Waals surface area (Å²) in [5.41, 5.74) is 1.21. The van der Waals surface area contributed by atoms with Crippen LogP contribution in [0, 0.1) is 5.92 Å². The number of ether oxygens (including phenoxy) is 1. The lowest BCUT2D eigenvalue weighted by atomic mass is 10.0. The van der Waals surface area contributed by atoms with Gasteiger partial charge < -0.3 is 15.2 Å². The van der Waals surface area contributed by atoms with Crippen LogP contribution in [0.4, 0.5) is 0 Å². The normalized spacial score (nSPS) is 12.7. The second-order valence-electron chi connectivity index (χ2n) is 4.97. The van der Waals surface area contributed by atoms with Gasteiger partial charge in [0.15, 0.2) is 0 Å². The van der Waals surface area contributed by atoms with Gasteiger partial charge >= 0.3 is 0 Å². The van der Waals surface area contributed by atoms with Crippen LogP contribution in [0.2, 0.25) is 0 Å². The Morgan fingerprint density at radius 3 is 2.39 bits per heavy atom. The molecule has 1 rings (SSSR count). The molecule has 18 heavy (non-hydrogen) atoms. The van der Waals surface area contributed by atoms with Gasteiger partial charge in [-0.1, -0.05) is 26.0 Å². The van der Waals surface area contributed by atoms with Crippen LogP contribution in [-0.2, 0) is 6.54 Å². The third-order valence-electron chi connectivity index (χ3n) is 2.81. The summed E-state index contributed by atoms with van der Waals surface area (Å²) in [4.78, 5) is 0. The van der Waals surface area contributed by atoms with Gasteiger partial charge in [-0.25, -0.2) is 0 Å². The zero-order chi connectivity index (χ0) is 13.4. The Kier molecular flexibility index (Phi) is 6.76. The molecule has 0 saturated carbocycles. The van der Waals surface area contributed by atoms with Crippen molar-refractivity contribution in [3.05, 3.63) is 29.8 Å². The molecule has 0 bridgehead atoms. The molecule has 0 aliphatic carbocycles. The molecule has 1 unspecified atom stereocenters. The fourth-order valence-electron chi connectivity index (χ4n) is 1.92. The quantitative estimate of drug-likeness (QED) is 0.746. The van der Waals surface area contributed by atoms with Crippen molar-refractivity contribution >= 4 is 0 Å². The molecule has 0 fully saturated rings. The van der Waals surface area contributed by atoms with Crippen LogP contribution in [0.5, 0.6) is 5.75 Å². The van der Waals surface area contributed by atoms with Gasteiger partial charge in [0.25, 0.3) is 0 Å². The van der Waals surface area contributed by atoms with E-state index in [-0.39, 0.29) is 12.6 Å². The molecular formula is C15H25NO2. The fourth-order valence-corrected chi connectivity index (χ4v) is 1.92. The van der Waals surface area contributed by atoms with Crippen molar-refractivity contribution in [2.45, 2.75) is 39.8 Å². The first-order chi connectivity index (χ1) is 8.65. The van der Waals surface area contributed by atoms with Crippen LogP contribution in [0.1, 0.15) is 32.8 Å². The Balaban J connectivity index is 2.41. The molecule has 3 heteroatoms. The Morgan fingerprint density at radius 1 is 1.22 bits per heavy atom. The van der Waals surface area contributed by atoms with Gasteiger partial charge in [0.05, 0.1) is 13.2 Å². The Bertz CT molecular complexity index is 322. The van der Waals surface area contributed by atoms with Gasteiger partial charge in [0, 0.05) is 12.6 Å². The van der Waals surface area contributed by atoms with Gasteiger partial charge in [-0.15, -0.1) is 0 Å². The van der Waals surface area contributed by atoms with E-state index < -0.39 is 0 Å². The molecule has 0 aliphatic heterocycles. The second kappa shape index (κ2) is 8.11. The average Bonchev–Trinajstić information content (AvgIpc) is 2.36. The number of aliphatic hydroxyl groups is 1. The summed E-state index contributed by atoms with van der Waals surface area (Å²) in [6, 6.07) is 8.26. The Labute approximate surface area is 110 Å². The van der Waals surface area contributed by atoms with Crippen LogP contribution < -0.4 is 10.1 Å². The maximum atomic E-state index is 9.28. The van der Waals surface area contributed by atoms with Gasteiger partial charge in [-0.2, -0.15) is 0 Å². The maximum Gasteiger partial charge on any atom is 0.119 e. The zero-order valence-electron chi connectivity index (χ0n) is 11.6. The number of rotatable bonds is 8. The van der Waals surface area contributed by atoms with E-state index in [1.165, 1.54) is 5.56 Å². The minimum absolute atomic E-state index is 0.177. The molecule has 1 atom stereocenters. The summed E-state index contributed by atoms with van der Waals surface area (Å²) in [5, 5.41) is 12.7. The minimum Gasteiger partial charge on any atom is -0.494 e. The highest BCUT2D eigenvalue weighted by atomic mass is 16.5. The maximum absolute atomic E-state index is 9.28. The smallest absolute Gasteiger partial charge is 0.119 e. The number of nitrogens with one attached hydrogen (secondary N) is 1. The highest BCUT2D eigenvalue weighted by Crippen LogP contribution is 2.12. The van der Waals surface area contributed by atoms with E-state index >= 15 is 0 Å². The lowest BCUT2D eigenvalue weighted by Crippen LogP contribution is -2.33. The van der Waals surface area contributed by atoms with Crippen LogP contribution in [0.25, 0.3) is 0 Å². The largest absolute Gasteiger partial charge is 0.494 e. The molecule has 0 spiro atoms. The van der Waals surface area contributed by atoms with Gasteiger partial charge in [-0.05, 0) is 37.0 Å². The number of hydrogen-bond donors (Lipinski definition) is 2. The molecule has 0 aliphatic rings. The van der Waals surface area contributed by atoms with Crippen LogP contribution in [0.15, 0.2) is 24.3 Å². The monoisotopic (exact) mass is 251 g/mol. The number of hydrogen-bond acceptors (Lipinski definition) is 3. The summed E-state index contributed by atoms with van der Waals surface area (Å²) < 4.78 is 5.40. The fraction of sp³-hybridized carbons (Fsp3) is 0.600. The molecule has 0 amide bonds. The molecule has 0 aromatic heterocycles. The third kappa shape index (κ3) is 5.52. The Morgan fingerprint density at radius 2 is 1.89 bits per heavy atom. The van der Waals surface area contributed by atoms with Gasteiger partial charge in [0.1, 0.15) is 5.75 Å². The lowest BCUT2D eigenvalue weighted by molar-refractivity contribution is 0.223. The molecule has 3 nitrogen and oxygen atoms in total. The standard InChI is InChI=1S/C15H25NO2/c1-4-18-15-7-5-13(6-8-15)10-16-14(11-17)9-12(2)3/h5-8,12,14,16-17H,4,9-11H2,1-3H3. The summed E-state index contributed by atoms with van der Waals surface area (Å²) in [6.45, 7) is 7.98. The predicted octanol–water partition coefficient (Wildman–Crippen LogP) is 2.58. The highest BCUT2D eigenvalue weighted by molar-refractivity contribution is 5.27. The minimum atomic E-state index is 0.177. The summed E-state index contributed by atoms with van der Waals surface area (Å²) in [7, 11) is 0.